The first kappa shape index (κ1) is 15.7. The number of hydrogen-bond donors (Lipinski definition) is 0. The van der Waals surface area contributed by atoms with Crippen LogP contribution < -0.4 is 0 Å². The summed E-state index contributed by atoms with van der Waals surface area (Å²) in [7, 11) is 0. The molecule has 2 nitrogen and oxygen atoms in total. The number of fused-ring (bicyclic) bond motifs is 3. The van der Waals surface area contributed by atoms with Crippen LogP contribution in [0.25, 0.3) is 31.8 Å². The number of nitrogens with zero attached hydrogens (tertiary/aromatic N) is 2. The molecule has 0 amide bonds. The number of rotatable bonds is 2. The number of thiazole rings is 1. The minimum atomic E-state index is 0.773. The van der Waals surface area contributed by atoms with Gasteiger partial charge in [-0.1, -0.05) is 75.8 Å². The molecule has 0 aliphatic heterocycles. The fourth-order valence-electron chi connectivity index (χ4n) is 3.25. The summed E-state index contributed by atoms with van der Waals surface area (Å²) in [6, 6.07) is 25.2. The monoisotopic (exact) mass is 416 g/mol. The Morgan fingerprint density at radius 3 is 2.27 bits per heavy atom. The van der Waals surface area contributed by atoms with Crippen LogP contribution in [0, 0.1) is 0 Å². The van der Waals surface area contributed by atoms with Crippen LogP contribution in [0.5, 0.6) is 0 Å². The molecule has 124 valence electrons. The second-order valence-electron chi connectivity index (χ2n) is 6.10. The first-order valence-electron chi connectivity index (χ1n) is 8.29. The summed E-state index contributed by atoms with van der Waals surface area (Å²) in [5.74, 6) is 0. The predicted molar refractivity (Wildman–Crippen MR) is 116 cm³/mol. The van der Waals surface area contributed by atoms with Crippen molar-refractivity contribution >= 4 is 70.4 Å². The molecule has 0 saturated heterocycles. The number of aromatic nitrogens is 1. The van der Waals surface area contributed by atoms with Crippen LogP contribution in [-0.2, 0) is 0 Å². The molecule has 0 atom stereocenters. The third-order valence-corrected chi connectivity index (χ3v) is 5.88. The molecule has 5 rings (SSSR count). The molecule has 0 bridgehead atoms. The van der Waals surface area contributed by atoms with Crippen LogP contribution in [0.1, 0.15) is 5.56 Å². The Kier molecular flexibility index (Phi) is 3.80. The van der Waals surface area contributed by atoms with E-state index in [1.165, 1.54) is 21.5 Å². The Morgan fingerprint density at radius 2 is 1.54 bits per heavy atom. The summed E-state index contributed by atoms with van der Waals surface area (Å²) in [6.07, 6.45) is 1.96. The molecule has 0 fully saturated rings. The zero-order valence-corrected chi connectivity index (χ0v) is 16.1. The Bertz CT molecular complexity index is 1250. The second-order valence-corrected chi connectivity index (χ2v) is 8.02. The molecule has 0 unspecified atom stereocenters. The van der Waals surface area contributed by atoms with E-state index >= 15 is 0 Å². The zero-order chi connectivity index (χ0) is 17.5. The molecule has 4 heteroatoms. The average molecular weight is 417 g/mol. The van der Waals surface area contributed by atoms with E-state index in [0.717, 1.165) is 25.4 Å². The fourth-order valence-corrected chi connectivity index (χ4v) is 4.61. The Hall–Kier alpha value is -2.56. The third kappa shape index (κ3) is 2.71. The van der Waals surface area contributed by atoms with E-state index in [1.54, 1.807) is 11.3 Å². The smallest absolute Gasteiger partial charge is 0.210 e. The van der Waals surface area contributed by atoms with Crippen LogP contribution in [0.4, 0.5) is 5.13 Å². The normalized spacial score (nSPS) is 11.9. The van der Waals surface area contributed by atoms with Gasteiger partial charge in [0.15, 0.2) is 0 Å². The van der Waals surface area contributed by atoms with Crippen molar-refractivity contribution in [3.63, 3.8) is 0 Å². The van der Waals surface area contributed by atoms with Crippen molar-refractivity contribution in [2.75, 3.05) is 0 Å². The van der Waals surface area contributed by atoms with Gasteiger partial charge in [-0.3, -0.25) is 0 Å². The van der Waals surface area contributed by atoms with E-state index in [9.17, 15) is 0 Å². The predicted octanol–water partition coefficient (Wildman–Crippen LogP) is 7.12. The second kappa shape index (κ2) is 6.31. The van der Waals surface area contributed by atoms with Gasteiger partial charge in [0.25, 0.3) is 0 Å². The van der Waals surface area contributed by atoms with Crippen LogP contribution >= 0.6 is 27.3 Å². The van der Waals surface area contributed by atoms with E-state index in [0.29, 0.717) is 0 Å². The van der Waals surface area contributed by atoms with Gasteiger partial charge in [-0.15, -0.1) is 0 Å². The molecule has 0 radical (unpaired) electrons. The molecule has 0 N–H and O–H groups in total. The molecule has 26 heavy (non-hydrogen) atoms. The number of benzene rings is 4. The zero-order valence-electron chi connectivity index (χ0n) is 13.7. The van der Waals surface area contributed by atoms with Gasteiger partial charge in [-0.25, -0.2) is 9.98 Å². The standard InChI is InChI=1S/C22H13BrN2S/c23-16-9-10-20-21(12-16)26-22(25-20)24-13-19-17-7-3-1-5-14(17)11-15-6-2-4-8-18(15)19/h1-13H. The summed E-state index contributed by atoms with van der Waals surface area (Å²) in [6.45, 7) is 0. The largest absolute Gasteiger partial charge is 0.227 e. The minimum Gasteiger partial charge on any atom is -0.227 e. The molecule has 4 aromatic carbocycles. The van der Waals surface area contributed by atoms with E-state index in [4.69, 9.17) is 4.99 Å². The van der Waals surface area contributed by atoms with Gasteiger partial charge in [0.2, 0.25) is 5.13 Å². The molecule has 1 heterocycles. The van der Waals surface area contributed by atoms with E-state index in [1.807, 2.05) is 18.3 Å². The van der Waals surface area contributed by atoms with Crippen molar-refractivity contribution in [3.05, 3.63) is 82.8 Å². The van der Waals surface area contributed by atoms with Crippen molar-refractivity contribution in [1.82, 2.24) is 4.98 Å². The molecular weight excluding hydrogens is 404 g/mol. The van der Waals surface area contributed by atoms with Crippen molar-refractivity contribution < 1.29 is 0 Å². The molecule has 0 saturated carbocycles. The molecule has 0 spiro atoms. The highest BCUT2D eigenvalue weighted by Crippen LogP contribution is 2.31. The Morgan fingerprint density at radius 1 is 0.846 bits per heavy atom. The van der Waals surface area contributed by atoms with Crippen molar-refractivity contribution in [1.29, 1.82) is 0 Å². The lowest BCUT2D eigenvalue weighted by Crippen LogP contribution is -1.88. The first-order chi connectivity index (χ1) is 12.8. The van der Waals surface area contributed by atoms with Gasteiger partial charge >= 0.3 is 0 Å². The average Bonchev–Trinajstić information content (AvgIpc) is 3.07. The number of halogens is 1. The van der Waals surface area contributed by atoms with E-state index < -0.39 is 0 Å². The molecular formula is C22H13BrN2S. The lowest BCUT2D eigenvalue weighted by atomic mass is 9.97. The molecule has 5 aromatic rings. The highest BCUT2D eigenvalue weighted by molar-refractivity contribution is 9.10. The van der Waals surface area contributed by atoms with E-state index in [2.05, 4.69) is 81.6 Å². The summed E-state index contributed by atoms with van der Waals surface area (Å²) in [5, 5.41) is 5.63. The van der Waals surface area contributed by atoms with Crippen molar-refractivity contribution in [2.24, 2.45) is 4.99 Å². The van der Waals surface area contributed by atoms with Gasteiger partial charge in [-0.2, -0.15) is 0 Å². The van der Waals surface area contributed by atoms with Crippen molar-refractivity contribution in [3.8, 4) is 0 Å². The van der Waals surface area contributed by atoms with Crippen molar-refractivity contribution in [2.45, 2.75) is 0 Å². The van der Waals surface area contributed by atoms with Crippen LogP contribution in [0.15, 0.2) is 82.3 Å². The summed E-state index contributed by atoms with van der Waals surface area (Å²) in [4.78, 5) is 9.34. The minimum absolute atomic E-state index is 0.773. The van der Waals surface area contributed by atoms with Gasteiger partial charge < -0.3 is 0 Å². The summed E-state index contributed by atoms with van der Waals surface area (Å²) in [5.41, 5.74) is 2.12. The van der Waals surface area contributed by atoms with Crippen LogP contribution in [0.2, 0.25) is 0 Å². The maximum atomic E-state index is 4.71. The topological polar surface area (TPSA) is 25.2 Å². The van der Waals surface area contributed by atoms with Crippen LogP contribution in [0.3, 0.4) is 0 Å². The fraction of sp³-hybridized carbons (Fsp3) is 0. The summed E-state index contributed by atoms with van der Waals surface area (Å²) >= 11 is 5.11. The maximum absolute atomic E-state index is 4.71. The Balaban J connectivity index is 1.70. The first-order valence-corrected chi connectivity index (χ1v) is 9.89. The maximum Gasteiger partial charge on any atom is 0.210 e. The number of hydrogen-bond acceptors (Lipinski definition) is 3. The summed E-state index contributed by atoms with van der Waals surface area (Å²) < 4.78 is 2.19. The quantitative estimate of drug-likeness (QED) is 0.222. The number of aliphatic imine (C=N–C) groups is 1. The van der Waals surface area contributed by atoms with Crippen LogP contribution in [-0.4, -0.2) is 11.2 Å². The van der Waals surface area contributed by atoms with E-state index in [-0.39, 0.29) is 0 Å². The Labute approximate surface area is 163 Å². The van der Waals surface area contributed by atoms with Gasteiger partial charge in [0.05, 0.1) is 10.2 Å². The lowest BCUT2D eigenvalue weighted by Gasteiger charge is -2.07. The molecule has 1 aromatic heterocycles. The highest BCUT2D eigenvalue weighted by atomic mass is 79.9. The SMILES string of the molecule is Brc1ccc2nc(N=Cc3c4ccccc4cc4ccccc34)sc2c1. The lowest BCUT2D eigenvalue weighted by molar-refractivity contribution is 1.41. The molecule has 0 aliphatic rings. The third-order valence-electron chi connectivity index (χ3n) is 4.46. The van der Waals surface area contributed by atoms with Gasteiger partial charge in [-0.05, 0) is 45.8 Å². The van der Waals surface area contributed by atoms with Gasteiger partial charge in [0.1, 0.15) is 0 Å². The van der Waals surface area contributed by atoms with Gasteiger partial charge in [0, 0.05) is 16.3 Å². The molecule has 0 aliphatic carbocycles. The highest BCUT2D eigenvalue weighted by Gasteiger charge is 2.07.